The van der Waals surface area contributed by atoms with Gasteiger partial charge in [0.2, 0.25) is 5.91 Å². The molecule has 0 saturated carbocycles. The second-order valence-corrected chi connectivity index (χ2v) is 9.92. The van der Waals surface area contributed by atoms with Gasteiger partial charge in [-0.1, -0.05) is 12.8 Å². The van der Waals surface area contributed by atoms with Gasteiger partial charge in [0.1, 0.15) is 0 Å². The van der Waals surface area contributed by atoms with Gasteiger partial charge in [0.25, 0.3) is 5.91 Å². The standard InChI is InChI=1S/C22H32N2O4S/c25-17-8-10-24(13-17)21(27)22(9-5-11-28-15-22)14-23-20(26)19-12-16-6-3-1-2-4-7-18(16)29-19/h12,17,25H,1-11,13-15H2,(H,23,26). The van der Waals surface area contributed by atoms with Crippen LogP contribution in [0.3, 0.4) is 0 Å². The van der Waals surface area contributed by atoms with Crippen molar-refractivity contribution in [2.75, 3.05) is 32.8 Å². The maximum Gasteiger partial charge on any atom is 0.261 e. The molecular formula is C22H32N2O4S. The third kappa shape index (κ3) is 4.67. The smallest absolute Gasteiger partial charge is 0.261 e. The van der Waals surface area contributed by atoms with Gasteiger partial charge in [-0.15, -0.1) is 11.3 Å². The van der Waals surface area contributed by atoms with Crippen molar-refractivity contribution in [2.24, 2.45) is 5.41 Å². The number of aliphatic hydroxyl groups is 1. The molecule has 0 aromatic carbocycles. The molecule has 1 aliphatic carbocycles. The van der Waals surface area contributed by atoms with Crippen LogP contribution in [0.25, 0.3) is 0 Å². The fourth-order valence-electron chi connectivity index (χ4n) is 4.79. The SMILES string of the molecule is O=C(NCC1(C(=O)N2CCC(O)C2)CCCOC1)c1cc2c(s1)CCCCCC2. The summed E-state index contributed by atoms with van der Waals surface area (Å²) in [6.07, 6.45) is 8.77. The number of hydrogen-bond donors (Lipinski definition) is 2. The number of thiophene rings is 1. The molecule has 2 amide bonds. The number of carbonyl (C=O) groups excluding carboxylic acids is 2. The fraction of sp³-hybridized carbons (Fsp3) is 0.727. The molecule has 3 aliphatic rings. The van der Waals surface area contributed by atoms with E-state index in [9.17, 15) is 14.7 Å². The van der Waals surface area contributed by atoms with Crippen LogP contribution < -0.4 is 5.32 Å². The van der Waals surface area contributed by atoms with E-state index in [0.29, 0.717) is 45.7 Å². The highest BCUT2D eigenvalue weighted by Gasteiger charge is 2.44. The number of likely N-dealkylation sites (tertiary alicyclic amines) is 1. The maximum absolute atomic E-state index is 13.2. The molecule has 4 rings (SSSR count). The molecule has 7 heteroatoms. The highest BCUT2D eigenvalue weighted by Crippen LogP contribution is 2.33. The van der Waals surface area contributed by atoms with Gasteiger partial charge in [-0.25, -0.2) is 0 Å². The van der Waals surface area contributed by atoms with Gasteiger partial charge in [0.05, 0.1) is 23.0 Å². The number of hydrogen-bond acceptors (Lipinski definition) is 5. The van der Waals surface area contributed by atoms with E-state index >= 15 is 0 Å². The summed E-state index contributed by atoms with van der Waals surface area (Å²) >= 11 is 1.61. The number of aliphatic hydroxyl groups excluding tert-OH is 1. The third-order valence-electron chi connectivity index (χ3n) is 6.53. The average Bonchev–Trinajstić information content (AvgIpc) is 3.32. The molecule has 2 unspecified atom stereocenters. The van der Waals surface area contributed by atoms with E-state index in [2.05, 4.69) is 11.4 Å². The van der Waals surface area contributed by atoms with Gasteiger partial charge in [-0.05, 0) is 56.6 Å². The Labute approximate surface area is 176 Å². The summed E-state index contributed by atoms with van der Waals surface area (Å²) in [5.74, 6) is -0.0755. The number of carbonyl (C=O) groups is 2. The zero-order valence-electron chi connectivity index (χ0n) is 17.1. The van der Waals surface area contributed by atoms with Gasteiger partial charge >= 0.3 is 0 Å². The first-order valence-corrected chi connectivity index (χ1v) is 11.8. The Morgan fingerprint density at radius 1 is 1.24 bits per heavy atom. The van der Waals surface area contributed by atoms with E-state index in [-0.39, 0.29) is 11.8 Å². The molecule has 1 aromatic rings. The van der Waals surface area contributed by atoms with Gasteiger partial charge < -0.3 is 20.1 Å². The molecule has 2 aliphatic heterocycles. The second-order valence-electron chi connectivity index (χ2n) is 8.79. The predicted molar refractivity (Wildman–Crippen MR) is 112 cm³/mol. The van der Waals surface area contributed by atoms with Crippen LogP contribution in [0, 0.1) is 5.41 Å². The van der Waals surface area contributed by atoms with Crippen LogP contribution >= 0.6 is 11.3 Å². The lowest BCUT2D eigenvalue weighted by molar-refractivity contribution is -0.149. The lowest BCUT2D eigenvalue weighted by Gasteiger charge is -2.38. The van der Waals surface area contributed by atoms with Gasteiger partial charge in [0, 0.05) is 31.1 Å². The molecule has 2 N–H and O–H groups in total. The Bertz CT molecular complexity index is 716. The Morgan fingerprint density at radius 2 is 2.07 bits per heavy atom. The lowest BCUT2D eigenvalue weighted by atomic mass is 9.80. The van der Waals surface area contributed by atoms with Gasteiger partial charge in [0.15, 0.2) is 0 Å². The number of aryl methyl sites for hydroxylation is 2. The summed E-state index contributed by atoms with van der Waals surface area (Å²) in [6, 6.07) is 2.06. The van der Waals surface area contributed by atoms with Gasteiger partial charge in [-0.2, -0.15) is 0 Å². The molecule has 0 bridgehead atoms. The van der Waals surface area contributed by atoms with Crippen LogP contribution in [-0.2, 0) is 22.4 Å². The molecule has 160 valence electrons. The van der Waals surface area contributed by atoms with Crippen molar-refractivity contribution in [3.63, 3.8) is 0 Å². The van der Waals surface area contributed by atoms with E-state index in [1.165, 1.54) is 36.1 Å². The Hall–Kier alpha value is -1.44. The molecule has 2 fully saturated rings. The van der Waals surface area contributed by atoms with Crippen LogP contribution in [0.15, 0.2) is 6.07 Å². The van der Waals surface area contributed by atoms with Crippen molar-refractivity contribution in [2.45, 2.75) is 63.9 Å². The molecule has 2 atom stereocenters. The molecule has 2 saturated heterocycles. The van der Waals surface area contributed by atoms with E-state index < -0.39 is 11.5 Å². The largest absolute Gasteiger partial charge is 0.391 e. The van der Waals surface area contributed by atoms with Crippen molar-refractivity contribution < 1.29 is 19.4 Å². The summed E-state index contributed by atoms with van der Waals surface area (Å²) in [5.41, 5.74) is 0.613. The minimum atomic E-state index is -0.718. The van der Waals surface area contributed by atoms with E-state index in [4.69, 9.17) is 4.74 Å². The van der Waals surface area contributed by atoms with Crippen LogP contribution in [0.5, 0.6) is 0 Å². The van der Waals surface area contributed by atoms with Crippen LogP contribution in [-0.4, -0.2) is 60.8 Å². The summed E-state index contributed by atoms with van der Waals surface area (Å²) < 4.78 is 5.67. The number of fused-ring (bicyclic) bond motifs is 1. The predicted octanol–water partition coefficient (Wildman–Crippen LogP) is 2.53. The molecule has 0 radical (unpaired) electrons. The number of nitrogens with zero attached hydrogens (tertiary/aromatic N) is 1. The zero-order chi connectivity index (χ0) is 20.3. The highest BCUT2D eigenvalue weighted by atomic mass is 32.1. The third-order valence-corrected chi connectivity index (χ3v) is 7.77. The lowest BCUT2D eigenvalue weighted by Crippen LogP contribution is -2.53. The Morgan fingerprint density at radius 3 is 2.79 bits per heavy atom. The minimum absolute atomic E-state index is 0.00694. The van der Waals surface area contributed by atoms with E-state index in [1.807, 2.05) is 0 Å². The average molecular weight is 421 g/mol. The normalized spacial score (nSPS) is 27.8. The first-order valence-electron chi connectivity index (χ1n) is 11.0. The second kappa shape index (κ2) is 9.14. The van der Waals surface area contributed by atoms with Crippen LogP contribution in [0.1, 0.15) is 65.1 Å². The van der Waals surface area contributed by atoms with Crippen molar-refractivity contribution >= 4 is 23.2 Å². The highest BCUT2D eigenvalue weighted by molar-refractivity contribution is 7.14. The van der Waals surface area contributed by atoms with Crippen LogP contribution in [0.4, 0.5) is 0 Å². The minimum Gasteiger partial charge on any atom is -0.391 e. The summed E-state index contributed by atoms with van der Waals surface area (Å²) in [5, 5.41) is 12.9. The molecule has 6 nitrogen and oxygen atoms in total. The fourth-order valence-corrected chi connectivity index (χ4v) is 5.96. The van der Waals surface area contributed by atoms with Crippen LogP contribution in [0.2, 0.25) is 0 Å². The van der Waals surface area contributed by atoms with Crippen molar-refractivity contribution in [3.8, 4) is 0 Å². The maximum atomic E-state index is 13.2. The van der Waals surface area contributed by atoms with Gasteiger partial charge in [-0.3, -0.25) is 9.59 Å². The van der Waals surface area contributed by atoms with E-state index in [1.54, 1.807) is 16.2 Å². The molecular weight excluding hydrogens is 388 g/mol. The first kappa shape index (κ1) is 20.8. The first-order chi connectivity index (χ1) is 14.1. The Kier molecular flexibility index (Phi) is 6.56. The number of amides is 2. The molecule has 29 heavy (non-hydrogen) atoms. The zero-order valence-corrected chi connectivity index (χ0v) is 17.9. The summed E-state index contributed by atoms with van der Waals surface area (Å²) in [6.45, 7) is 2.24. The molecule has 0 spiro atoms. The van der Waals surface area contributed by atoms with Crippen molar-refractivity contribution in [1.82, 2.24) is 10.2 Å². The number of β-amino-alcohol motifs (C(OH)–C–C–N with tert-alkyl or cyclic N) is 1. The van der Waals surface area contributed by atoms with Crippen molar-refractivity contribution in [3.05, 3.63) is 21.4 Å². The van der Waals surface area contributed by atoms with E-state index in [0.717, 1.165) is 24.1 Å². The topological polar surface area (TPSA) is 78.9 Å². The summed E-state index contributed by atoms with van der Waals surface area (Å²) in [7, 11) is 0. The summed E-state index contributed by atoms with van der Waals surface area (Å²) in [4.78, 5) is 30.0. The monoisotopic (exact) mass is 420 g/mol. The quantitative estimate of drug-likeness (QED) is 0.785. The number of nitrogens with one attached hydrogen (secondary N) is 1. The molecule has 3 heterocycles. The number of rotatable bonds is 4. The molecule has 1 aromatic heterocycles. The van der Waals surface area contributed by atoms with Crippen molar-refractivity contribution in [1.29, 1.82) is 0 Å². The Balaban J connectivity index is 1.44. The number of ether oxygens (including phenoxy) is 1.